The minimum Gasteiger partial charge on any atom is -0.312 e. The zero-order chi connectivity index (χ0) is 11.8. The first kappa shape index (κ1) is 11.5. The van der Waals surface area contributed by atoms with E-state index < -0.39 is 0 Å². The van der Waals surface area contributed by atoms with Crippen LogP contribution >= 0.6 is 27.3 Å². The molecule has 1 aliphatic carbocycles. The number of halogens is 1. The number of hydrogen-bond acceptors (Lipinski definition) is 2. The maximum absolute atomic E-state index is 3.64. The Balaban J connectivity index is 1.93. The van der Waals surface area contributed by atoms with Crippen LogP contribution < -0.4 is 5.32 Å². The van der Waals surface area contributed by atoms with Gasteiger partial charge in [0.15, 0.2) is 0 Å². The monoisotopic (exact) mass is 307 g/mol. The summed E-state index contributed by atoms with van der Waals surface area (Å²) in [5.74, 6) is 0.617. The van der Waals surface area contributed by atoms with Crippen LogP contribution in [0.4, 0.5) is 0 Å². The van der Waals surface area contributed by atoms with Crippen molar-refractivity contribution in [2.24, 2.45) is 0 Å². The van der Waals surface area contributed by atoms with Gasteiger partial charge in [0.2, 0.25) is 0 Å². The van der Waals surface area contributed by atoms with E-state index in [1.165, 1.54) is 26.9 Å². The van der Waals surface area contributed by atoms with E-state index >= 15 is 0 Å². The summed E-state index contributed by atoms with van der Waals surface area (Å²) in [7, 11) is 2.05. The molecule has 1 aliphatic rings. The second-order valence-electron chi connectivity index (χ2n) is 4.41. The summed E-state index contributed by atoms with van der Waals surface area (Å²) in [6.45, 7) is 0. The maximum atomic E-state index is 3.64. The van der Waals surface area contributed by atoms with Gasteiger partial charge < -0.3 is 5.32 Å². The van der Waals surface area contributed by atoms with E-state index in [0.29, 0.717) is 12.0 Å². The van der Waals surface area contributed by atoms with Gasteiger partial charge in [-0.15, -0.1) is 11.3 Å². The van der Waals surface area contributed by atoms with Crippen molar-refractivity contribution in [3.63, 3.8) is 0 Å². The highest BCUT2D eigenvalue weighted by Crippen LogP contribution is 2.46. The Morgan fingerprint density at radius 1 is 1.35 bits per heavy atom. The fraction of sp³-hybridized carbons (Fsp3) is 0.286. The number of rotatable bonds is 3. The third kappa shape index (κ3) is 1.86. The Kier molecular flexibility index (Phi) is 3.07. The van der Waals surface area contributed by atoms with Crippen molar-refractivity contribution < 1.29 is 0 Å². The topological polar surface area (TPSA) is 12.0 Å². The molecule has 0 aliphatic heterocycles. The molecule has 1 aromatic carbocycles. The second kappa shape index (κ2) is 4.56. The van der Waals surface area contributed by atoms with Gasteiger partial charge in [-0.2, -0.15) is 0 Å². The average Bonchev–Trinajstić information content (AvgIpc) is 2.72. The molecular weight excluding hydrogens is 294 g/mol. The molecule has 1 aromatic heterocycles. The number of likely N-dealkylation sites (N-methyl/N-ethyl adjacent to an activating group) is 1. The Morgan fingerprint density at radius 2 is 2.18 bits per heavy atom. The average molecular weight is 308 g/mol. The highest BCUT2D eigenvalue weighted by molar-refractivity contribution is 9.10. The second-order valence-corrected chi connectivity index (χ2v) is 6.21. The molecular formula is C14H14BrNS. The van der Waals surface area contributed by atoms with Crippen LogP contribution in [-0.2, 0) is 6.42 Å². The molecule has 1 heterocycles. The van der Waals surface area contributed by atoms with Crippen molar-refractivity contribution >= 4 is 27.3 Å². The van der Waals surface area contributed by atoms with Crippen molar-refractivity contribution in [3.8, 4) is 0 Å². The molecule has 0 bridgehead atoms. The van der Waals surface area contributed by atoms with E-state index in [0.717, 1.165) is 0 Å². The van der Waals surface area contributed by atoms with E-state index in [1.807, 2.05) is 11.3 Å². The highest BCUT2D eigenvalue weighted by atomic mass is 79.9. The quantitative estimate of drug-likeness (QED) is 0.900. The van der Waals surface area contributed by atoms with Crippen LogP contribution in [0.2, 0.25) is 0 Å². The number of hydrogen-bond donors (Lipinski definition) is 1. The predicted molar refractivity (Wildman–Crippen MR) is 76.7 cm³/mol. The van der Waals surface area contributed by atoms with Gasteiger partial charge in [0, 0.05) is 21.3 Å². The molecule has 1 nitrogen and oxygen atoms in total. The number of thiophene rings is 1. The van der Waals surface area contributed by atoms with Crippen LogP contribution in [0.1, 0.15) is 28.0 Å². The Morgan fingerprint density at radius 3 is 2.82 bits per heavy atom. The number of nitrogens with one attached hydrogen (secondary N) is 1. The van der Waals surface area contributed by atoms with Crippen LogP contribution in [0, 0.1) is 0 Å². The summed E-state index contributed by atoms with van der Waals surface area (Å²) in [4.78, 5) is 1.41. The van der Waals surface area contributed by atoms with Gasteiger partial charge in [0.05, 0.1) is 0 Å². The van der Waals surface area contributed by atoms with Crippen molar-refractivity contribution in [3.05, 3.63) is 56.2 Å². The maximum Gasteiger partial charge on any atom is 0.0496 e. The standard InChI is InChI=1S/C14H14BrNS/c1-16-13(14-12(15)6-7-17-14)11-8-9-4-2-3-5-10(9)11/h2-7,11,13,16H,8H2,1H3. The molecule has 2 unspecified atom stereocenters. The summed E-state index contributed by atoms with van der Waals surface area (Å²) in [6.07, 6.45) is 1.19. The van der Waals surface area contributed by atoms with Crippen LogP contribution in [-0.4, -0.2) is 7.05 Å². The van der Waals surface area contributed by atoms with Crippen LogP contribution in [0.25, 0.3) is 0 Å². The molecule has 0 spiro atoms. The van der Waals surface area contributed by atoms with Crippen molar-refractivity contribution in [2.75, 3.05) is 7.05 Å². The van der Waals surface area contributed by atoms with E-state index in [2.05, 4.69) is 64.0 Å². The van der Waals surface area contributed by atoms with Gasteiger partial charge in [-0.05, 0) is 52.0 Å². The summed E-state index contributed by atoms with van der Waals surface area (Å²) in [5, 5.41) is 5.62. The number of fused-ring (bicyclic) bond motifs is 1. The lowest BCUT2D eigenvalue weighted by atomic mass is 9.73. The molecule has 0 amide bonds. The molecule has 0 radical (unpaired) electrons. The van der Waals surface area contributed by atoms with E-state index in [1.54, 1.807) is 0 Å². The minimum absolute atomic E-state index is 0.430. The van der Waals surface area contributed by atoms with Gasteiger partial charge in [-0.3, -0.25) is 0 Å². The van der Waals surface area contributed by atoms with E-state index in [-0.39, 0.29) is 0 Å². The Hall–Kier alpha value is -0.640. The lowest BCUT2D eigenvalue weighted by molar-refractivity contribution is 0.443. The molecule has 1 N–H and O–H groups in total. The van der Waals surface area contributed by atoms with E-state index in [4.69, 9.17) is 0 Å². The molecule has 2 aromatic rings. The SMILES string of the molecule is CNC(c1sccc1Br)C1Cc2ccccc21. The molecule has 0 saturated carbocycles. The third-order valence-corrected chi connectivity index (χ3v) is 5.49. The summed E-state index contributed by atoms with van der Waals surface area (Å²) < 4.78 is 1.23. The van der Waals surface area contributed by atoms with Crippen molar-refractivity contribution in [2.45, 2.75) is 18.4 Å². The first-order valence-corrected chi connectivity index (χ1v) is 7.46. The summed E-state index contributed by atoms with van der Waals surface area (Å²) in [6, 6.07) is 11.3. The predicted octanol–water partition coefficient (Wildman–Crippen LogP) is 4.11. The third-order valence-electron chi connectivity index (χ3n) is 3.54. The smallest absolute Gasteiger partial charge is 0.0496 e. The molecule has 0 saturated heterocycles. The first-order valence-electron chi connectivity index (χ1n) is 5.79. The number of benzene rings is 1. The van der Waals surface area contributed by atoms with Crippen molar-refractivity contribution in [1.82, 2.24) is 5.32 Å². The Labute approximate surface area is 114 Å². The van der Waals surface area contributed by atoms with Crippen LogP contribution in [0.3, 0.4) is 0 Å². The van der Waals surface area contributed by atoms with Crippen LogP contribution in [0.15, 0.2) is 40.2 Å². The summed E-state index contributed by atoms with van der Waals surface area (Å²) >= 11 is 5.46. The first-order chi connectivity index (χ1) is 8.31. The van der Waals surface area contributed by atoms with Gasteiger partial charge >= 0.3 is 0 Å². The van der Waals surface area contributed by atoms with Crippen LogP contribution in [0.5, 0.6) is 0 Å². The van der Waals surface area contributed by atoms with Gasteiger partial charge in [0.1, 0.15) is 0 Å². The molecule has 17 heavy (non-hydrogen) atoms. The van der Waals surface area contributed by atoms with Gasteiger partial charge in [-0.25, -0.2) is 0 Å². The van der Waals surface area contributed by atoms with Gasteiger partial charge in [0.25, 0.3) is 0 Å². The fourth-order valence-electron chi connectivity index (χ4n) is 2.64. The van der Waals surface area contributed by atoms with Gasteiger partial charge in [-0.1, -0.05) is 24.3 Å². The fourth-order valence-corrected chi connectivity index (χ4v) is 4.43. The molecule has 3 rings (SSSR count). The Bertz CT molecular complexity index is 535. The molecule has 88 valence electrons. The zero-order valence-electron chi connectivity index (χ0n) is 9.61. The lowest BCUT2D eigenvalue weighted by Crippen LogP contribution is -2.30. The normalized spacial score (nSPS) is 19.5. The minimum atomic E-state index is 0.430. The zero-order valence-corrected chi connectivity index (χ0v) is 12.0. The molecule has 2 atom stereocenters. The van der Waals surface area contributed by atoms with Crippen molar-refractivity contribution in [1.29, 1.82) is 0 Å². The summed E-state index contributed by atoms with van der Waals surface area (Å²) in [5.41, 5.74) is 3.01. The lowest BCUT2D eigenvalue weighted by Gasteiger charge is -2.36. The largest absolute Gasteiger partial charge is 0.312 e. The highest BCUT2D eigenvalue weighted by Gasteiger charge is 2.34. The van der Waals surface area contributed by atoms with E-state index in [9.17, 15) is 0 Å². The molecule has 0 fully saturated rings. The molecule has 3 heteroatoms.